The molecule has 0 aliphatic heterocycles. The molecule has 2 atom stereocenters. The van der Waals surface area contributed by atoms with Crippen LogP contribution >= 0.6 is 0 Å². The van der Waals surface area contributed by atoms with Crippen LogP contribution in [0, 0.1) is 0 Å². The van der Waals surface area contributed by atoms with Gasteiger partial charge in [0.25, 0.3) is 0 Å². The zero-order chi connectivity index (χ0) is 16.1. The van der Waals surface area contributed by atoms with Gasteiger partial charge in [0.15, 0.2) is 11.5 Å². The Bertz CT molecular complexity index is 610. The van der Waals surface area contributed by atoms with Crippen LogP contribution in [0.2, 0.25) is 0 Å². The predicted molar refractivity (Wildman–Crippen MR) is 87.2 cm³/mol. The summed E-state index contributed by atoms with van der Waals surface area (Å²) in [7, 11) is 0. The fourth-order valence-electron chi connectivity index (χ4n) is 2.46. The molecule has 0 heterocycles. The minimum atomic E-state index is -0.101. The van der Waals surface area contributed by atoms with E-state index in [1.54, 1.807) is 24.3 Å². The summed E-state index contributed by atoms with van der Waals surface area (Å²) >= 11 is 0. The van der Waals surface area contributed by atoms with Gasteiger partial charge in [0.2, 0.25) is 0 Å². The molecule has 4 N–H and O–H groups in total. The van der Waals surface area contributed by atoms with Crippen molar-refractivity contribution in [3.63, 3.8) is 0 Å². The molecule has 0 saturated carbocycles. The number of phenols is 3. The second-order valence-corrected chi connectivity index (χ2v) is 5.74. The Labute approximate surface area is 131 Å². The second-order valence-electron chi connectivity index (χ2n) is 5.74. The molecule has 2 rings (SSSR count). The molecule has 0 radical (unpaired) electrons. The van der Waals surface area contributed by atoms with Crippen LogP contribution in [0.25, 0.3) is 0 Å². The summed E-state index contributed by atoms with van der Waals surface area (Å²) in [4.78, 5) is 0. The summed E-state index contributed by atoms with van der Waals surface area (Å²) in [6.45, 7) is 4.15. The van der Waals surface area contributed by atoms with Gasteiger partial charge in [-0.25, -0.2) is 0 Å². The van der Waals surface area contributed by atoms with Gasteiger partial charge in [-0.2, -0.15) is 0 Å². The maximum Gasteiger partial charge on any atom is 0.157 e. The van der Waals surface area contributed by atoms with E-state index in [4.69, 9.17) is 0 Å². The van der Waals surface area contributed by atoms with Crippen molar-refractivity contribution in [3.8, 4) is 17.2 Å². The monoisotopic (exact) mass is 301 g/mol. The molecule has 0 spiro atoms. The highest BCUT2D eigenvalue weighted by molar-refractivity contribution is 5.41. The summed E-state index contributed by atoms with van der Waals surface area (Å²) in [6.07, 6.45) is 1.90. The average Bonchev–Trinajstić information content (AvgIpc) is 2.49. The Morgan fingerprint density at radius 1 is 0.909 bits per heavy atom. The fraction of sp³-hybridized carbons (Fsp3) is 0.333. The SMILES string of the molecule is CC(CCc1ccc(O)cc1)NC(C)c1ccc(O)c(O)c1. The summed E-state index contributed by atoms with van der Waals surface area (Å²) in [5.41, 5.74) is 2.13. The molecular weight excluding hydrogens is 278 g/mol. The van der Waals surface area contributed by atoms with Gasteiger partial charge in [-0.15, -0.1) is 0 Å². The van der Waals surface area contributed by atoms with E-state index in [0.29, 0.717) is 6.04 Å². The smallest absolute Gasteiger partial charge is 0.157 e. The normalized spacial score (nSPS) is 13.7. The Hall–Kier alpha value is -2.20. The largest absolute Gasteiger partial charge is 0.508 e. The highest BCUT2D eigenvalue weighted by atomic mass is 16.3. The number of rotatable bonds is 6. The van der Waals surface area contributed by atoms with E-state index in [9.17, 15) is 15.3 Å². The molecule has 2 unspecified atom stereocenters. The van der Waals surface area contributed by atoms with E-state index in [2.05, 4.69) is 12.2 Å². The Morgan fingerprint density at radius 3 is 2.23 bits per heavy atom. The van der Waals surface area contributed by atoms with Crippen LogP contribution in [0.4, 0.5) is 0 Å². The van der Waals surface area contributed by atoms with Crippen LogP contribution in [0.1, 0.15) is 37.4 Å². The van der Waals surface area contributed by atoms with E-state index < -0.39 is 0 Å². The van der Waals surface area contributed by atoms with Crippen molar-refractivity contribution in [2.75, 3.05) is 0 Å². The molecule has 2 aromatic rings. The van der Waals surface area contributed by atoms with Crippen molar-refractivity contribution in [1.82, 2.24) is 5.32 Å². The lowest BCUT2D eigenvalue weighted by atomic mass is 10.0. The molecule has 2 aromatic carbocycles. The first-order valence-corrected chi connectivity index (χ1v) is 7.51. The summed E-state index contributed by atoms with van der Waals surface area (Å²) in [6, 6.07) is 12.6. The van der Waals surface area contributed by atoms with Gasteiger partial charge in [-0.1, -0.05) is 18.2 Å². The number of aromatic hydroxyl groups is 3. The molecular formula is C18H23NO3. The molecule has 4 heteroatoms. The number of aryl methyl sites for hydroxylation is 1. The lowest BCUT2D eigenvalue weighted by Gasteiger charge is -2.20. The zero-order valence-electron chi connectivity index (χ0n) is 13.0. The first kappa shape index (κ1) is 16.2. The van der Waals surface area contributed by atoms with Crippen molar-refractivity contribution >= 4 is 0 Å². The van der Waals surface area contributed by atoms with Gasteiger partial charge in [0.05, 0.1) is 0 Å². The third-order valence-corrected chi connectivity index (χ3v) is 3.84. The average molecular weight is 301 g/mol. The van der Waals surface area contributed by atoms with Gasteiger partial charge in [-0.05, 0) is 62.1 Å². The Balaban J connectivity index is 1.86. The van der Waals surface area contributed by atoms with Gasteiger partial charge < -0.3 is 20.6 Å². The van der Waals surface area contributed by atoms with Gasteiger partial charge >= 0.3 is 0 Å². The molecule has 0 saturated heterocycles. The lowest BCUT2D eigenvalue weighted by Crippen LogP contribution is -2.29. The molecule has 118 valence electrons. The number of nitrogens with one attached hydrogen (secondary N) is 1. The molecule has 0 aliphatic rings. The molecule has 0 bridgehead atoms. The van der Waals surface area contributed by atoms with E-state index >= 15 is 0 Å². The third-order valence-electron chi connectivity index (χ3n) is 3.84. The van der Waals surface area contributed by atoms with Crippen molar-refractivity contribution in [2.45, 2.75) is 38.8 Å². The maximum atomic E-state index is 9.56. The third kappa shape index (κ3) is 4.40. The topological polar surface area (TPSA) is 72.7 Å². The van der Waals surface area contributed by atoms with Gasteiger partial charge in [0, 0.05) is 12.1 Å². The van der Waals surface area contributed by atoms with Crippen LogP contribution in [-0.4, -0.2) is 21.4 Å². The van der Waals surface area contributed by atoms with Crippen molar-refractivity contribution in [2.24, 2.45) is 0 Å². The van der Waals surface area contributed by atoms with Crippen LogP contribution < -0.4 is 5.32 Å². The van der Waals surface area contributed by atoms with E-state index in [1.807, 2.05) is 19.1 Å². The van der Waals surface area contributed by atoms with Gasteiger partial charge in [-0.3, -0.25) is 0 Å². The fourth-order valence-corrected chi connectivity index (χ4v) is 2.46. The molecule has 0 aliphatic carbocycles. The summed E-state index contributed by atoms with van der Waals surface area (Å²) in [5.74, 6) is 0.0925. The minimum Gasteiger partial charge on any atom is -0.508 e. The molecule has 4 nitrogen and oxygen atoms in total. The molecule has 0 amide bonds. The zero-order valence-corrected chi connectivity index (χ0v) is 13.0. The van der Waals surface area contributed by atoms with Crippen LogP contribution in [0.15, 0.2) is 42.5 Å². The minimum absolute atomic E-state index is 0.0846. The Kier molecular flexibility index (Phi) is 5.28. The van der Waals surface area contributed by atoms with Crippen molar-refractivity contribution < 1.29 is 15.3 Å². The maximum absolute atomic E-state index is 9.56. The standard InChI is InChI=1S/C18H23NO3/c1-12(3-4-14-5-8-16(20)9-6-14)19-13(2)15-7-10-17(21)18(22)11-15/h5-13,19-22H,3-4H2,1-2H3. The van der Waals surface area contributed by atoms with Crippen molar-refractivity contribution in [1.29, 1.82) is 0 Å². The predicted octanol–water partition coefficient (Wildman–Crippen LogP) is 3.48. The quantitative estimate of drug-likeness (QED) is 0.616. The summed E-state index contributed by atoms with van der Waals surface area (Å²) < 4.78 is 0. The highest BCUT2D eigenvalue weighted by Crippen LogP contribution is 2.28. The van der Waals surface area contributed by atoms with Gasteiger partial charge in [0.1, 0.15) is 5.75 Å². The molecule has 0 fully saturated rings. The lowest BCUT2D eigenvalue weighted by molar-refractivity contribution is 0.400. The Morgan fingerprint density at radius 2 is 1.59 bits per heavy atom. The number of phenolic OH excluding ortho intramolecular Hbond substituents is 3. The summed E-state index contributed by atoms with van der Waals surface area (Å²) in [5, 5.41) is 31.7. The number of hydrogen-bond donors (Lipinski definition) is 4. The van der Waals surface area contributed by atoms with Crippen LogP contribution in [-0.2, 0) is 6.42 Å². The number of hydrogen-bond acceptors (Lipinski definition) is 4. The first-order chi connectivity index (χ1) is 10.5. The van der Waals surface area contributed by atoms with Crippen LogP contribution in [0.3, 0.4) is 0 Å². The molecule has 22 heavy (non-hydrogen) atoms. The van der Waals surface area contributed by atoms with E-state index in [-0.39, 0.29) is 23.3 Å². The van der Waals surface area contributed by atoms with E-state index in [0.717, 1.165) is 18.4 Å². The number of benzene rings is 2. The van der Waals surface area contributed by atoms with E-state index in [1.165, 1.54) is 11.6 Å². The highest BCUT2D eigenvalue weighted by Gasteiger charge is 2.11. The van der Waals surface area contributed by atoms with Crippen LogP contribution in [0.5, 0.6) is 17.2 Å². The van der Waals surface area contributed by atoms with Crippen molar-refractivity contribution in [3.05, 3.63) is 53.6 Å². The first-order valence-electron chi connectivity index (χ1n) is 7.51. The second kappa shape index (κ2) is 7.18. The molecule has 0 aromatic heterocycles.